The molecule has 2 rings (SSSR count). The third kappa shape index (κ3) is 2.95. The SMILES string of the molecule is CC(NCc1cc(Cl)ccc1O)c1ncn[nH]1. The van der Waals surface area contributed by atoms with Gasteiger partial charge in [-0.15, -0.1) is 0 Å². The highest BCUT2D eigenvalue weighted by atomic mass is 35.5. The molecule has 17 heavy (non-hydrogen) atoms. The molecule has 0 aliphatic heterocycles. The molecule has 0 bridgehead atoms. The van der Waals surface area contributed by atoms with E-state index in [1.807, 2.05) is 6.92 Å². The van der Waals surface area contributed by atoms with Gasteiger partial charge in [-0.05, 0) is 25.1 Å². The van der Waals surface area contributed by atoms with Crippen LogP contribution in [-0.4, -0.2) is 20.3 Å². The Morgan fingerprint density at radius 2 is 2.35 bits per heavy atom. The lowest BCUT2D eigenvalue weighted by Gasteiger charge is -2.12. The fourth-order valence-corrected chi connectivity index (χ4v) is 1.67. The summed E-state index contributed by atoms with van der Waals surface area (Å²) in [4.78, 5) is 4.05. The Kier molecular flexibility index (Phi) is 3.61. The van der Waals surface area contributed by atoms with Crippen LogP contribution in [0.2, 0.25) is 5.02 Å². The number of benzene rings is 1. The number of hydrogen-bond acceptors (Lipinski definition) is 4. The van der Waals surface area contributed by atoms with Crippen molar-refractivity contribution in [1.82, 2.24) is 20.5 Å². The van der Waals surface area contributed by atoms with Gasteiger partial charge in [-0.1, -0.05) is 11.6 Å². The second-order valence-electron chi connectivity index (χ2n) is 3.75. The molecule has 1 unspecified atom stereocenters. The molecule has 0 aliphatic carbocycles. The predicted octanol–water partition coefficient (Wildman–Crippen LogP) is 2.01. The number of phenolic OH excluding ortho intramolecular Hbond substituents is 1. The van der Waals surface area contributed by atoms with Crippen LogP contribution in [0, 0.1) is 0 Å². The average molecular weight is 253 g/mol. The van der Waals surface area contributed by atoms with Crippen LogP contribution in [0.1, 0.15) is 24.4 Å². The standard InChI is InChI=1S/C11H13ClN4O/c1-7(11-14-6-15-16-11)13-5-8-4-9(12)2-3-10(8)17/h2-4,6-7,13,17H,5H2,1H3,(H,14,15,16). The third-order valence-corrected chi connectivity index (χ3v) is 2.72. The molecule has 90 valence electrons. The first-order valence-electron chi connectivity index (χ1n) is 5.23. The molecule has 1 aromatic heterocycles. The van der Waals surface area contributed by atoms with Gasteiger partial charge in [-0.2, -0.15) is 5.10 Å². The number of rotatable bonds is 4. The number of aromatic amines is 1. The molecule has 1 heterocycles. The Morgan fingerprint density at radius 1 is 1.53 bits per heavy atom. The molecule has 2 aromatic rings. The molecule has 1 aromatic carbocycles. The minimum atomic E-state index is 0.0240. The van der Waals surface area contributed by atoms with Gasteiger partial charge < -0.3 is 10.4 Å². The monoisotopic (exact) mass is 252 g/mol. The maximum atomic E-state index is 9.64. The highest BCUT2D eigenvalue weighted by Gasteiger charge is 2.09. The summed E-state index contributed by atoms with van der Waals surface area (Å²) >= 11 is 5.86. The topological polar surface area (TPSA) is 73.8 Å². The first-order chi connectivity index (χ1) is 8.16. The molecule has 1 atom stereocenters. The number of hydrogen-bond donors (Lipinski definition) is 3. The lowest BCUT2D eigenvalue weighted by molar-refractivity contribution is 0.458. The predicted molar refractivity (Wildman–Crippen MR) is 64.8 cm³/mol. The summed E-state index contributed by atoms with van der Waals surface area (Å²) in [5, 5.41) is 20.0. The fraction of sp³-hybridized carbons (Fsp3) is 0.273. The van der Waals surface area contributed by atoms with Crippen molar-refractivity contribution >= 4 is 11.6 Å². The van der Waals surface area contributed by atoms with Gasteiger partial charge >= 0.3 is 0 Å². The summed E-state index contributed by atoms with van der Waals surface area (Å²) in [5.41, 5.74) is 0.754. The van der Waals surface area contributed by atoms with Gasteiger partial charge in [-0.3, -0.25) is 5.10 Å². The van der Waals surface area contributed by atoms with Crippen molar-refractivity contribution in [2.24, 2.45) is 0 Å². The lowest BCUT2D eigenvalue weighted by atomic mass is 10.2. The van der Waals surface area contributed by atoms with Gasteiger partial charge in [0.25, 0.3) is 0 Å². The number of nitrogens with zero attached hydrogens (tertiary/aromatic N) is 2. The van der Waals surface area contributed by atoms with Gasteiger partial charge in [0.1, 0.15) is 17.9 Å². The number of aromatic hydroxyl groups is 1. The van der Waals surface area contributed by atoms with Crippen molar-refractivity contribution in [3.8, 4) is 5.75 Å². The second-order valence-corrected chi connectivity index (χ2v) is 4.18. The Hall–Kier alpha value is -1.59. The van der Waals surface area contributed by atoms with Crippen molar-refractivity contribution in [1.29, 1.82) is 0 Å². The van der Waals surface area contributed by atoms with E-state index in [0.29, 0.717) is 11.6 Å². The van der Waals surface area contributed by atoms with E-state index in [1.54, 1.807) is 18.2 Å². The van der Waals surface area contributed by atoms with E-state index in [9.17, 15) is 5.11 Å². The molecule has 0 spiro atoms. The maximum Gasteiger partial charge on any atom is 0.141 e. The van der Waals surface area contributed by atoms with Crippen LogP contribution in [-0.2, 0) is 6.54 Å². The van der Waals surface area contributed by atoms with Crippen LogP contribution in [0.15, 0.2) is 24.5 Å². The Balaban J connectivity index is 2.00. The van der Waals surface area contributed by atoms with E-state index in [0.717, 1.165) is 11.4 Å². The fourth-order valence-electron chi connectivity index (χ4n) is 1.48. The molecule has 6 heteroatoms. The maximum absolute atomic E-state index is 9.64. The zero-order valence-electron chi connectivity index (χ0n) is 9.31. The first kappa shape index (κ1) is 11.9. The zero-order valence-corrected chi connectivity index (χ0v) is 10.1. The minimum absolute atomic E-state index is 0.0240. The quantitative estimate of drug-likeness (QED) is 0.778. The highest BCUT2D eigenvalue weighted by Crippen LogP contribution is 2.21. The molecular weight excluding hydrogens is 240 g/mol. The van der Waals surface area contributed by atoms with Gasteiger partial charge in [0.15, 0.2) is 0 Å². The van der Waals surface area contributed by atoms with Crippen LogP contribution in [0.4, 0.5) is 0 Å². The number of halogens is 1. The van der Waals surface area contributed by atoms with Crippen LogP contribution in [0.3, 0.4) is 0 Å². The van der Waals surface area contributed by atoms with Crippen molar-refractivity contribution in [2.75, 3.05) is 0 Å². The number of H-pyrrole nitrogens is 1. The van der Waals surface area contributed by atoms with E-state index in [4.69, 9.17) is 11.6 Å². The normalized spacial score (nSPS) is 12.6. The summed E-state index contributed by atoms with van der Waals surface area (Å²) in [7, 11) is 0. The minimum Gasteiger partial charge on any atom is -0.508 e. The van der Waals surface area contributed by atoms with E-state index in [1.165, 1.54) is 6.33 Å². The number of phenols is 1. The van der Waals surface area contributed by atoms with Crippen molar-refractivity contribution in [3.05, 3.63) is 40.9 Å². The van der Waals surface area contributed by atoms with Crippen LogP contribution >= 0.6 is 11.6 Å². The first-order valence-corrected chi connectivity index (χ1v) is 5.60. The van der Waals surface area contributed by atoms with E-state index in [-0.39, 0.29) is 11.8 Å². The van der Waals surface area contributed by atoms with Crippen LogP contribution in [0.5, 0.6) is 5.75 Å². The third-order valence-electron chi connectivity index (χ3n) is 2.48. The van der Waals surface area contributed by atoms with Gasteiger partial charge in [-0.25, -0.2) is 4.98 Å². The van der Waals surface area contributed by atoms with Crippen molar-refractivity contribution in [3.63, 3.8) is 0 Å². The van der Waals surface area contributed by atoms with Gasteiger partial charge in [0.2, 0.25) is 0 Å². The molecular formula is C11H13ClN4O. The molecule has 0 amide bonds. The van der Waals surface area contributed by atoms with Crippen molar-refractivity contribution < 1.29 is 5.11 Å². The summed E-state index contributed by atoms with van der Waals surface area (Å²) in [6.07, 6.45) is 1.46. The van der Waals surface area contributed by atoms with Gasteiger partial charge in [0, 0.05) is 17.1 Å². The zero-order chi connectivity index (χ0) is 12.3. The summed E-state index contributed by atoms with van der Waals surface area (Å²) < 4.78 is 0. The molecule has 3 N–H and O–H groups in total. The summed E-state index contributed by atoms with van der Waals surface area (Å²) in [5.74, 6) is 0.984. The van der Waals surface area contributed by atoms with E-state index in [2.05, 4.69) is 20.5 Å². The smallest absolute Gasteiger partial charge is 0.141 e. The van der Waals surface area contributed by atoms with E-state index < -0.39 is 0 Å². The summed E-state index contributed by atoms with van der Waals surface area (Å²) in [6.45, 7) is 2.47. The van der Waals surface area contributed by atoms with Gasteiger partial charge in [0.05, 0.1) is 6.04 Å². The summed E-state index contributed by atoms with van der Waals surface area (Å²) in [6, 6.07) is 4.99. The molecule has 5 nitrogen and oxygen atoms in total. The Bertz CT molecular complexity index is 486. The lowest BCUT2D eigenvalue weighted by Crippen LogP contribution is -2.19. The average Bonchev–Trinajstić information content (AvgIpc) is 2.83. The Morgan fingerprint density at radius 3 is 3.06 bits per heavy atom. The van der Waals surface area contributed by atoms with Crippen LogP contribution in [0.25, 0.3) is 0 Å². The Labute approximate surface area is 104 Å². The molecule has 0 radical (unpaired) electrons. The number of nitrogens with one attached hydrogen (secondary N) is 2. The molecule has 0 aliphatic rings. The van der Waals surface area contributed by atoms with E-state index >= 15 is 0 Å². The largest absolute Gasteiger partial charge is 0.508 e. The molecule has 0 saturated heterocycles. The highest BCUT2D eigenvalue weighted by molar-refractivity contribution is 6.30. The number of aromatic nitrogens is 3. The second kappa shape index (κ2) is 5.16. The molecule has 0 saturated carbocycles. The van der Waals surface area contributed by atoms with Crippen LogP contribution < -0.4 is 5.32 Å². The van der Waals surface area contributed by atoms with Crippen molar-refractivity contribution in [2.45, 2.75) is 19.5 Å². The molecule has 0 fully saturated rings.